The fourth-order valence-corrected chi connectivity index (χ4v) is 1.93. The van der Waals surface area contributed by atoms with Gasteiger partial charge in [-0.25, -0.2) is 9.97 Å². The highest BCUT2D eigenvalue weighted by molar-refractivity contribution is 7.98. The van der Waals surface area contributed by atoms with Gasteiger partial charge in [-0.1, -0.05) is 11.8 Å². The zero-order chi connectivity index (χ0) is 12.4. The molecule has 0 aliphatic heterocycles. The highest BCUT2D eigenvalue weighted by Crippen LogP contribution is 2.13. The molecule has 2 aromatic heterocycles. The Hall–Kier alpha value is -1.40. The van der Waals surface area contributed by atoms with E-state index in [9.17, 15) is 9.90 Å². The molecule has 0 fully saturated rings. The predicted molar refractivity (Wildman–Crippen MR) is 67.3 cm³/mol. The van der Waals surface area contributed by atoms with Crippen molar-refractivity contribution in [3.05, 3.63) is 28.7 Å². The number of hydrogen-bond acceptors (Lipinski definition) is 5. The molecule has 0 radical (unpaired) electrons. The summed E-state index contributed by atoms with van der Waals surface area (Å²) in [5, 5.41) is 10.8. The Bertz CT molecular complexity index is 595. The normalized spacial score (nSPS) is 12.9. The number of thioether (sulfide) groups is 1. The second kappa shape index (κ2) is 4.85. The van der Waals surface area contributed by atoms with Crippen LogP contribution in [0.3, 0.4) is 0 Å². The first-order valence-corrected chi connectivity index (χ1v) is 6.43. The van der Waals surface area contributed by atoms with Crippen molar-refractivity contribution in [2.75, 3.05) is 6.26 Å². The van der Waals surface area contributed by atoms with Gasteiger partial charge in [-0.05, 0) is 19.2 Å². The molecule has 0 amide bonds. The summed E-state index contributed by atoms with van der Waals surface area (Å²) in [5.74, 6) is 0. The summed E-state index contributed by atoms with van der Waals surface area (Å²) in [5.41, 5.74) is 0.405. The van der Waals surface area contributed by atoms with Crippen LogP contribution in [0, 0.1) is 0 Å². The number of hydrogen-bond donors (Lipinski definition) is 1. The second-order valence-corrected chi connectivity index (χ2v) is 4.54. The Balaban J connectivity index is 2.68. The summed E-state index contributed by atoms with van der Waals surface area (Å²) in [7, 11) is 0. The van der Waals surface area contributed by atoms with E-state index in [1.165, 1.54) is 22.4 Å². The van der Waals surface area contributed by atoms with Gasteiger partial charge in [0, 0.05) is 17.6 Å². The summed E-state index contributed by atoms with van der Waals surface area (Å²) in [6.07, 6.45) is 2.97. The molecule has 1 atom stereocenters. The van der Waals surface area contributed by atoms with E-state index in [0.29, 0.717) is 10.8 Å². The average Bonchev–Trinajstić information content (AvgIpc) is 2.32. The van der Waals surface area contributed by atoms with Crippen LogP contribution in [0.5, 0.6) is 0 Å². The third kappa shape index (κ3) is 2.48. The molecule has 0 bridgehead atoms. The van der Waals surface area contributed by atoms with E-state index in [-0.39, 0.29) is 12.1 Å². The minimum absolute atomic E-state index is 0.163. The molecule has 0 spiro atoms. The Morgan fingerprint density at radius 1 is 1.53 bits per heavy atom. The molecule has 2 heterocycles. The lowest BCUT2D eigenvalue weighted by atomic mass is 10.3. The highest BCUT2D eigenvalue weighted by atomic mass is 32.2. The molecule has 0 aliphatic carbocycles. The first-order chi connectivity index (χ1) is 8.11. The number of rotatable bonds is 3. The smallest absolute Gasteiger partial charge is 0.252 e. The lowest BCUT2D eigenvalue weighted by molar-refractivity contribution is 0.173. The molecular formula is C11H13N3O2S. The molecule has 1 N–H and O–H groups in total. The second-order valence-electron chi connectivity index (χ2n) is 3.77. The van der Waals surface area contributed by atoms with Crippen LogP contribution in [0.4, 0.5) is 0 Å². The van der Waals surface area contributed by atoms with Gasteiger partial charge in [0.1, 0.15) is 5.65 Å². The molecule has 0 aliphatic rings. The molecule has 1 unspecified atom stereocenters. The fraction of sp³-hybridized carbons (Fsp3) is 0.364. The summed E-state index contributed by atoms with van der Waals surface area (Å²) in [6.45, 7) is 1.88. The van der Waals surface area contributed by atoms with Gasteiger partial charge in [-0.2, -0.15) is 0 Å². The lowest BCUT2D eigenvalue weighted by Gasteiger charge is -2.10. The quantitative estimate of drug-likeness (QED) is 0.648. The van der Waals surface area contributed by atoms with Crippen LogP contribution in [-0.2, 0) is 6.54 Å². The van der Waals surface area contributed by atoms with Crippen molar-refractivity contribution in [1.82, 2.24) is 14.5 Å². The van der Waals surface area contributed by atoms with E-state index in [0.717, 1.165) is 5.39 Å². The van der Waals surface area contributed by atoms with Crippen molar-refractivity contribution in [3.8, 4) is 0 Å². The van der Waals surface area contributed by atoms with Gasteiger partial charge in [0.25, 0.3) is 5.56 Å². The van der Waals surface area contributed by atoms with Crippen LogP contribution >= 0.6 is 11.8 Å². The maximum absolute atomic E-state index is 11.8. The van der Waals surface area contributed by atoms with Gasteiger partial charge < -0.3 is 5.11 Å². The van der Waals surface area contributed by atoms with Gasteiger partial charge in [-0.3, -0.25) is 9.36 Å². The topological polar surface area (TPSA) is 68.0 Å². The Labute approximate surface area is 103 Å². The SMILES string of the molecule is CSc1ncc2ccc(=O)n(CC(C)O)c2n1. The number of aromatic nitrogens is 3. The minimum atomic E-state index is -0.592. The number of nitrogens with zero attached hydrogens (tertiary/aromatic N) is 3. The molecule has 0 saturated heterocycles. The van der Waals surface area contributed by atoms with E-state index >= 15 is 0 Å². The van der Waals surface area contributed by atoms with Crippen LogP contribution in [0.1, 0.15) is 6.92 Å². The van der Waals surface area contributed by atoms with Crippen LogP contribution in [-0.4, -0.2) is 32.0 Å². The van der Waals surface area contributed by atoms with Crippen molar-refractivity contribution < 1.29 is 5.11 Å². The Morgan fingerprint density at radius 2 is 2.29 bits per heavy atom. The summed E-state index contributed by atoms with van der Waals surface area (Å²) in [4.78, 5) is 20.2. The molecule has 6 heteroatoms. The number of aliphatic hydroxyl groups excluding tert-OH is 1. The molecule has 2 aromatic rings. The molecule has 0 saturated carbocycles. The van der Waals surface area contributed by atoms with Crippen LogP contribution < -0.4 is 5.56 Å². The zero-order valence-electron chi connectivity index (χ0n) is 9.62. The van der Waals surface area contributed by atoms with Crippen molar-refractivity contribution in [3.63, 3.8) is 0 Å². The summed E-state index contributed by atoms with van der Waals surface area (Å²) >= 11 is 1.42. The van der Waals surface area contributed by atoms with E-state index in [1.54, 1.807) is 19.2 Å². The number of aliphatic hydroxyl groups is 1. The molecule has 0 aromatic carbocycles. The predicted octanol–water partition coefficient (Wildman–Crippen LogP) is 0.894. The first kappa shape index (κ1) is 12.1. The van der Waals surface area contributed by atoms with E-state index in [4.69, 9.17) is 0 Å². The molecule has 2 rings (SSSR count). The van der Waals surface area contributed by atoms with Crippen LogP contribution in [0.15, 0.2) is 28.3 Å². The Kier molecular flexibility index (Phi) is 3.44. The zero-order valence-corrected chi connectivity index (χ0v) is 10.4. The third-order valence-electron chi connectivity index (χ3n) is 2.33. The first-order valence-electron chi connectivity index (χ1n) is 5.20. The summed E-state index contributed by atoms with van der Waals surface area (Å²) in [6, 6.07) is 3.16. The number of fused-ring (bicyclic) bond motifs is 1. The monoisotopic (exact) mass is 251 g/mol. The Morgan fingerprint density at radius 3 is 2.94 bits per heavy atom. The highest BCUT2D eigenvalue weighted by Gasteiger charge is 2.08. The molecule has 17 heavy (non-hydrogen) atoms. The van der Waals surface area contributed by atoms with E-state index in [1.807, 2.05) is 6.26 Å². The van der Waals surface area contributed by atoms with Gasteiger partial charge >= 0.3 is 0 Å². The van der Waals surface area contributed by atoms with Gasteiger partial charge in [-0.15, -0.1) is 0 Å². The standard InChI is InChI=1S/C11H13N3O2S/c1-7(15)6-14-9(16)4-3-8-5-12-11(17-2)13-10(8)14/h3-5,7,15H,6H2,1-2H3. The van der Waals surface area contributed by atoms with Crippen molar-refractivity contribution in [2.24, 2.45) is 0 Å². The van der Waals surface area contributed by atoms with Crippen molar-refractivity contribution >= 4 is 22.8 Å². The minimum Gasteiger partial charge on any atom is -0.392 e. The summed E-state index contributed by atoms with van der Waals surface area (Å²) < 4.78 is 1.47. The third-order valence-corrected chi connectivity index (χ3v) is 2.89. The average molecular weight is 251 g/mol. The molecule has 90 valence electrons. The molecular weight excluding hydrogens is 238 g/mol. The van der Waals surface area contributed by atoms with E-state index < -0.39 is 6.10 Å². The largest absolute Gasteiger partial charge is 0.392 e. The van der Waals surface area contributed by atoms with Crippen molar-refractivity contribution in [2.45, 2.75) is 24.7 Å². The lowest BCUT2D eigenvalue weighted by Crippen LogP contribution is -2.25. The fourth-order valence-electron chi connectivity index (χ4n) is 1.59. The van der Waals surface area contributed by atoms with Gasteiger partial charge in [0.2, 0.25) is 0 Å². The van der Waals surface area contributed by atoms with Gasteiger partial charge in [0.05, 0.1) is 12.6 Å². The van der Waals surface area contributed by atoms with Gasteiger partial charge in [0.15, 0.2) is 5.16 Å². The molecule has 5 nitrogen and oxygen atoms in total. The van der Waals surface area contributed by atoms with Crippen LogP contribution in [0.2, 0.25) is 0 Å². The maximum atomic E-state index is 11.8. The van der Waals surface area contributed by atoms with Crippen molar-refractivity contribution in [1.29, 1.82) is 0 Å². The van der Waals surface area contributed by atoms with E-state index in [2.05, 4.69) is 9.97 Å². The van der Waals surface area contributed by atoms with Crippen LogP contribution in [0.25, 0.3) is 11.0 Å². The maximum Gasteiger partial charge on any atom is 0.252 e. The number of pyridine rings is 1.